The number of benzene rings is 2. The highest BCUT2D eigenvalue weighted by Crippen LogP contribution is 2.38. The van der Waals surface area contributed by atoms with Crippen LogP contribution in [0, 0.1) is 13.8 Å². The number of aromatic nitrogens is 3. The first-order valence-electron chi connectivity index (χ1n) is 10.6. The number of hydrogen-bond donors (Lipinski definition) is 0. The lowest BCUT2D eigenvalue weighted by molar-refractivity contribution is 0.590. The lowest BCUT2D eigenvalue weighted by Crippen LogP contribution is -2.33. The van der Waals surface area contributed by atoms with E-state index in [0.29, 0.717) is 25.3 Å². The fourth-order valence-corrected chi connectivity index (χ4v) is 5.62. The molecule has 0 radical (unpaired) electrons. The van der Waals surface area contributed by atoms with Crippen molar-refractivity contribution in [2.75, 3.05) is 10.8 Å². The molecule has 0 spiro atoms. The Morgan fingerprint density at radius 3 is 2.44 bits per heavy atom. The van der Waals surface area contributed by atoms with E-state index in [4.69, 9.17) is 5.10 Å². The SMILES string of the molecule is Cc1ccc(S(=O)(=O)N2CCc3c(nn(Cc4ccccc4)c3C)-c3cccnc32)cc1. The Kier molecular flexibility index (Phi) is 5.06. The molecular formula is C25H24N4O2S. The van der Waals surface area contributed by atoms with Gasteiger partial charge in [0.25, 0.3) is 10.0 Å². The first kappa shape index (κ1) is 20.5. The molecule has 0 atom stereocenters. The molecule has 0 saturated heterocycles. The topological polar surface area (TPSA) is 68.1 Å². The number of hydrogen-bond acceptors (Lipinski definition) is 4. The van der Waals surface area contributed by atoms with Crippen LogP contribution in [-0.2, 0) is 23.0 Å². The molecule has 6 nitrogen and oxygen atoms in total. The summed E-state index contributed by atoms with van der Waals surface area (Å²) >= 11 is 0. The molecular weight excluding hydrogens is 420 g/mol. The third-order valence-corrected chi connectivity index (χ3v) is 7.76. The van der Waals surface area contributed by atoms with Crippen LogP contribution >= 0.6 is 0 Å². The molecule has 2 aromatic carbocycles. The van der Waals surface area contributed by atoms with Gasteiger partial charge in [-0.3, -0.25) is 4.68 Å². The molecule has 3 heterocycles. The van der Waals surface area contributed by atoms with Gasteiger partial charge >= 0.3 is 0 Å². The Balaban J connectivity index is 1.59. The molecule has 0 fully saturated rings. The molecule has 1 aliphatic rings. The summed E-state index contributed by atoms with van der Waals surface area (Å²) in [6.07, 6.45) is 2.20. The van der Waals surface area contributed by atoms with E-state index >= 15 is 0 Å². The molecule has 2 aromatic heterocycles. The zero-order chi connectivity index (χ0) is 22.3. The predicted molar refractivity (Wildman–Crippen MR) is 125 cm³/mol. The highest BCUT2D eigenvalue weighted by molar-refractivity contribution is 7.92. The van der Waals surface area contributed by atoms with Gasteiger partial charge in [-0.05, 0) is 50.1 Å². The van der Waals surface area contributed by atoms with Gasteiger partial charge in [0, 0.05) is 29.6 Å². The molecule has 0 aliphatic carbocycles. The first-order valence-corrected chi connectivity index (χ1v) is 12.0. The standard InChI is InChI=1S/C25H24N4O2S/c1-18-10-12-21(13-11-18)32(30,31)29-16-14-22-19(2)28(17-20-7-4-3-5-8-20)27-24(22)23-9-6-15-26-25(23)29/h3-13,15H,14,16-17H2,1-2H3. The van der Waals surface area contributed by atoms with Gasteiger partial charge in [-0.15, -0.1) is 0 Å². The van der Waals surface area contributed by atoms with Gasteiger partial charge in [0.15, 0.2) is 5.82 Å². The Labute approximate surface area is 188 Å². The summed E-state index contributed by atoms with van der Waals surface area (Å²) in [5.74, 6) is 0.427. The van der Waals surface area contributed by atoms with Crippen molar-refractivity contribution in [2.45, 2.75) is 31.7 Å². The van der Waals surface area contributed by atoms with E-state index in [0.717, 1.165) is 28.1 Å². The van der Waals surface area contributed by atoms with E-state index in [2.05, 4.69) is 24.0 Å². The number of nitrogens with zero attached hydrogens (tertiary/aromatic N) is 4. The normalized spacial score (nSPS) is 13.4. The predicted octanol–water partition coefficient (Wildman–Crippen LogP) is 4.36. The number of sulfonamides is 1. The number of aryl methyl sites for hydroxylation is 1. The van der Waals surface area contributed by atoms with Crippen LogP contribution in [-0.4, -0.2) is 29.7 Å². The van der Waals surface area contributed by atoms with Gasteiger partial charge in [0.05, 0.1) is 17.1 Å². The fraction of sp³-hybridized carbons (Fsp3) is 0.200. The molecule has 162 valence electrons. The zero-order valence-electron chi connectivity index (χ0n) is 18.1. The minimum atomic E-state index is -3.75. The van der Waals surface area contributed by atoms with Crippen LogP contribution in [0.3, 0.4) is 0 Å². The smallest absolute Gasteiger partial charge is 0.265 e. The molecule has 0 saturated carbocycles. The average Bonchev–Trinajstić information content (AvgIpc) is 3.00. The van der Waals surface area contributed by atoms with Crippen LogP contribution in [0.1, 0.15) is 22.4 Å². The largest absolute Gasteiger partial charge is 0.265 e. The highest BCUT2D eigenvalue weighted by Gasteiger charge is 2.33. The van der Waals surface area contributed by atoms with Crippen molar-refractivity contribution in [3.8, 4) is 11.3 Å². The monoisotopic (exact) mass is 444 g/mol. The van der Waals surface area contributed by atoms with Crippen LogP contribution in [0.25, 0.3) is 11.3 Å². The molecule has 4 aromatic rings. The molecule has 1 aliphatic heterocycles. The van der Waals surface area contributed by atoms with Crippen molar-refractivity contribution in [1.29, 1.82) is 0 Å². The number of pyridine rings is 1. The average molecular weight is 445 g/mol. The van der Waals surface area contributed by atoms with Gasteiger partial charge in [-0.2, -0.15) is 5.10 Å². The molecule has 0 amide bonds. The van der Waals surface area contributed by atoms with Gasteiger partial charge in [-0.1, -0.05) is 48.0 Å². The second-order valence-electron chi connectivity index (χ2n) is 8.07. The minimum Gasteiger partial charge on any atom is -0.265 e. The summed E-state index contributed by atoms with van der Waals surface area (Å²) in [6.45, 7) is 4.97. The van der Waals surface area contributed by atoms with Gasteiger partial charge < -0.3 is 0 Å². The van der Waals surface area contributed by atoms with Crippen LogP contribution in [0.4, 0.5) is 5.82 Å². The van der Waals surface area contributed by atoms with Gasteiger partial charge in [-0.25, -0.2) is 17.7 Å². The molecule has 0 bridgehead atoms. The van der Waals surface area contributed by atoms with Crippen molar-refractivity contribution in [3.63, 3.8) is 0 Å². The first-order chi connectivity index (χ1) is 15.4. The Morgan fingerprint density at radius 1 is 0.938 bits per heavy atom. The molecule has 32 heavy (non-hydrogen) atoms. The van der Waals surface area contributed by atoms with Crippen LogP contribution in [0.5, 0.6) is 0 Å². The maximum absolute atomic E-state index is 13.5. The third kappa shape index (κ3) is 3.48. The number of anilines is 1. The molecule has 0 N–H and O–H groups in total. The summed E-state index contributed by atoms with van der Waals surface area (Å²) in [5, 5.41) is 4.90. The van der Waals surface area contributed by atoms with Crippen LogP contribution in [0.15, 0.2) is 77.8 Å². The molecule has 5 rings (SSSR count). The van der Waals surface area contributed by atoms with Crippen molar-refractivity contribution >= 4 is 15.8 Å². The summed E-state index contributed by atoms with van der Waals surface area (Å²) in [5.41, 5.74) is 5.85. The van der Waals surface area contributed by atoms with E-state index in [1.807, 2.05) is 54.1 Å². The van der Waals surface area contributed by atoms with Gasteiger partial charge in [0.2, 0.25) is 0 Å². The maximum atomic E-state index is 13.5. The third-order valence-electron chi connectivity index (χ3n) is 5.96. The Morgan fingerprint density at radius 2 is 1.69 bits per heavy atom. The summed E-state index contributed by atoms with van der Waals surface area (Å²) in [7, 11) is -3.75. The van der Waals surface area contributed by atoms with E-state index in [9.17, 15) is 8.42 Å². The van der Waals surface area contributed by atoms with Gasteiger partial charge in [0.1, 0.15) is 0 Å². The van der Waals surface area contributed by atoms with E-state index in [1.165, 1.54) is 9.87 Å². The fourth-order valence-electron chi connectivity index (χ4n) is 4.18. The lowest BCUT2D eigenvalue weighted by Gasteiger charge is -2.23. The summed E-state index contributed by atoms with van der Waals surface area (Å²) in [4.78, 5) is 4.76. The Bertz CT molecular complexity index is 1380. The highest BCUT2D eigenvalue weighted by atomic mass is 32.2. The van der Waals surface area contributed by atoms with E-state index < -0.39 is 10.0 Å². The van der Waals surface area contributed by atoms with Crippen LogP contribution < -0.4 is 4.31 Å². The van der Waals surface area contributed by atoms with Crippen molar-refractivity contribution < 1.29 is 8.42 Å². The maximum Gasteiger partial charge on any atom is 0.265 e. The zero-order valence-corrected chi connectivity index (χ0v) is 18.9. The second kappa shape index (κ2) is 7.91. The van der Waals surface area contributed by atoms with Crippen molar-refractivity contribution in [2.24, 2.45) is 0 Å². The van der Waals surface area contributed by atoms with Crippen LogP contribution in [0.2, 0.25) is 0 Å². The molecule has 0 unspecified atom stereocenters. The Hall–Kier alpha value is -3.45. The number of rotatable bonds is 4. The number of fused-ring (bicyclic) bond motifs is 3. The second-order valence-corrected chi connectivity index (χ2v) is 9.93. The van der Waals surface area contributed by atoms with E-state index in [-0.39, 0.29) is 4.90 Å². The summed E-state index contributed by atoms with van der Waals surface area (Å²) < 4.78 is 30.5. The van der Waals surface area contributed by atoms with Crippen molar-refractivity contribution in [3.05, 3.63) is 95.3 Å². The molecule has 7 heteroatoms. The van der Waals surface area contributed by atoms with Crippen molar-refractivity contribution in [1.82, 2.24) is 14.8 Å². The summed E-state index contributed by atoms with van der Waals surface area (Å²) in [6, 6.07) is 20.9. The minimum absolute atomic E-state index is 0.269. The quantitative estimate of drug-likeness (QED) is 0.469. The lowest BCUT2D eigenvalue weighted by atomic mass is 10.1. The van der Waals surface area contributed by atoms with E-state index in [1.54, 1.807) is 18.3 Å².